The Bertz CT molecular complexity index is 1170. The summed E-state index contributed by atoms with van der Waals surface area (Å²) in [6.07, 6.45) is 0.603. The van der Waals surface area contributed by atoms with Gasteiger partial charge in [0.1, 0.15) is 5.82 Å². The van der Waals surface area contributed by atoms with Gasteiger partial charge >= 0.3 is 0 Å². The zero-order valence-electron chi connectivity index (χ0n) is 15.6. The third-order valence-corrected chi connectivity index (χ3v) is 5.34. The van der Waals surface area contributed by atoms with Crippen molar-refractivity contribution in [1.82, 2.24) is 14.9 Å². The van der Waals surface area contributed by atoms with E-state index < -0.39 is 0 Å². The van der Waals surface area contributed by atoms with Gasteiger partial charge in [0.2, 0.25) is 0 Å². The van der Waals surface area contributed by atoms with Crippen LogP contribution in [0.2, 0.25) is 10.0 Å². The van der Waals surface area contributed by atoms with Crippen molar-refractivity contribution in [2.45, 2.75) is 13.0 Å². The molecule has 1 amide bonds. The van der Waals surface area contributed by atoms with Gasteiger partial charge in [-0.15, -0.1) is 0 Å². The first-order valence-electron chi connectivity index (χ1n) is 9.33. The summed E-state index contributed by atoms with van der Waals surface area (Å²) in [4.78, 5) is 17.1. The molecule has 1 aromatic heterocycles. The number of halogens is 2. The lowest BCUT2D eigenvalue weighted by atomic mass is 10.2. The van der Waals surface area contributed by atoms with Gasteiger partial charge in [-0.1, -0.05) is 59.6 Å². The maximum atomic E-state index is 12.4. The van der Waals surface area contributed by atoms with Gasteiger partial charge in [0.05, 0.1) is 17.6 Å². The van der Waals surface area contributed by atoms with E-state index in [0.29, 0.717) is 30.1 Å². The highest BCUT2D eigenvalue weighted by atomic mass is 35.5. The third-order valence-electron chi connectivity index (χ3n) is 4.74. The Morgan fingerprint density at radius 3 is 2.59 bits per heavy atom. The molecular weight excluding hydrogens is 405 g/mol. The summed E-state index contributed by atoms with van der Waals surface area (Å²) in [6, 6.07) is 22.7. The summed E-state index contributed by atoms with van der Waals surface area (Å²) in [5.41, 5.74) is 3.54. The third kappa shape index (κ3) is 4.44. The van der Waals surface area contributed by atoms with Gasteiger partial charge in [0.25, 0.3) is 5.91 Å². The highest BCUT2D eigenvalue weighted by Crippen LogP contribution is 2.22. The second kappa shape index (κ2) is 8.68. The predicted molar refractivity (Wildman–Crippen MR) is 118 cm³/mol. The molecule has 4 aromatic rings. The molecule has 146 valence electrons. The van der Waals surface area contributed by atoms with Crippen LogP contribution >= 0.6 is 23.2 Å². The Hall–Kier alpha value is -2.82. The molecule has 29 heavy (non-hydrogen) atoms. The number of hydrogen-bond donors (Lipinski definition) is 1. The number of nitrogens with zero attached hydrogens (tertiary/aromatic N) is 2. The highest BCUT2D eigenvalue weighted by molar-refractivity contribution is 6.31. The Morgan fingerprint density at radius 2 is 1.76 bits per heavy atom. The van der Waals surface area contributed by atoms with E-state index in [0.717, 1.165) is 27.4 Å². The molecule has 6 heteroatoms. The second-order valence-electron chi connectivity index (χ2n) is 6.71. The van der Waals surface area contributed by atoms with Crippen molar-refractivity contribution in [1.29, 1.82) is 0 Å². The largest absolute Gasteiger partial charge is 0.352 e. The van der Waals surface area contributed by atoms with Crippen molar-refractivity contribution in [3.05, 3.63) is 99.8 Å². The zero-order valence-corrected chi connectivity index (χ0v) is 17.1. The maximum Gasteiger partial charge on any atom is 0.251 e. The van der Waals surface area contributed by atoms with Gasteiger partial charge in [0, 0.05) is 28.6 Å². The minimum Gasteiger partial charge on any atom is -0.352 e. The molecule has 0 bridgehead atoms. The van der Waals surface area contributed by atoms with Crippen LogP contribution in [0.4, 0.5) is 0 Å². The van der Waals surface area contributed by atoms with Crippen molar-refractivity contribution in [3.8, 4) is 0 Å². The molecule has 0 saturated heterocycles. The van der Waals surface area contributed by atoms with Crippen molar-refractivity contribution in [2.24, 2.45) is 0 Å². The van der Waals surface area contributed by atoms with Crippen molar-refractivity contribution in [3.63, 3.8) is 0 Å². The minimum absolute atomic E-state index is 0.152. The lowest BCUT2D eigenvalue weighted by molar-refractivity contribution is 0.0954. The summed E-state index contributed by atoms with van der Waals surface area (Å²) >= 11 is 12.3. The minimum atomic E-state index is -0.152. The lowest BCUT2D eigenvalue weighted by Crippen LogP contribution is -2.26. The van der Waals surface area contributed by atoms with Gasteiger partial charge in [0.15, 0.2) is 0 Å². The molecule has 0 fully saturated rings. The number of benzene rings is 3. The molecule has 0 saturated carbocycles. The monoisotopic (exact) mass is 423 g/mol. The van der Waals surface area contributed by atoms with Crippen LogP contribution < -0.4 is 5.32 Å². The standard InChI is InChI=1S/C23H19Cl2N3O/c24-18-8-5-7-16(14-18)23(29)26-13-12-22-27-20-10-3-4-11-21(20)28(22)15-17-6-1-2-9-19(17)25/h1-11,14H,12-13,15H2,(H,26,29). The van der Waals surface area contributed by atoms with Crippen LogP contribution in [0.1, 0.15) is 21.7 Å². The topological polar surface area (TPSA) is 46.9 Å². The van der Waals surface area contributed by atoms with Gasteiger partial charge < -0.3 is 9.88 Å². The van der Waals surface area contributed by atoms with Gasteiger partial charge in [-0.3, -0.25) is 4.79 Å². The molecule has 0 atom stereocenters. The average Bonchev–Trinajstić information content (AvgIpc) is 3.07. The molecule has 0 aliphatic heterocycles. The number of fused-ring (bicyclic) bond motifs is 1. The fourth-order valence-corrected chi connectivity index (χ4v) is 3.70. The summed E-state index contributed by atoms with van der Waals surface area (Å²) in [5.74, 6) is 0.749. The molecule has 4 rings (SSSR count). The van der Waals surface area contributed by atoms with E-state index in [4.69, 9.17) is 28.2 Å². The van der Waals surface area contributed by atoms with Gasteiger partial charge in [-0.05, 0) is 42.0 Å². The molecule has 0 unspecified atom stereocenters. The van der Waals surface area contributed by atoms with Crippen LogP contribution in [0.3, 0.4) is 0 Å². The molecule has 0 radical (unpaired) electrons. The van der Waals surface area contributed by atoms with Crippen LogP contribution in [0.15, 0.2) is 72.8 Å². The Morgan fingerprint density at radius 1 is 0.966 bits per heavy atom. The first-order valence-corrected chi connectivity index (χ1v) is 10.1. The van der Waals surface area contributed by atoms with E-state index in [1.54, 1.807) is 24.3 Å². The molecule has 0 aliphatic rings. The molecule has 1 N–H and O–H groups in total. The normalized spacial score (nSPS) is 11.0. The quantitative estimate of drug-likeness (QED) is 0.453. The van der Waals surface area contributed by atoms with Crippen LogP contribution in [-0.2, 0) is 13.0 Å². The molecular formula is C23H19Cl2N3O. The predicted octanol–water partition coefficient (Wildman–Crippen LogP) is 5.36. The highest BCUT2D eigenvalue weighted by Gasteiger charge is 2.13. The number of carbonyl (C=O) groups excluding carboxylic acids is 1. The number of rotatable bonds is 6. The van der Waals surface area contributed by atoms with Crippen LogP contribution in [0, 0.1) is 0 Å². The Kier molecular flexibility index (Phi) is 5.84. The Balaban J connectivity index is 1.54. The first-order chi connectivity index (χ1) is 14.1. The van der Waals surface area contributed by atoms with E-state index in [2.05, 4.69) is 9.88 Å². The molecule has 4 nitrogen and oxygen atoms in total. The van der Waals surface area contributed by atoms with E-state index in [9.17, 15) is 4.79 Å². The summed E-state index contributed by atoms with van der Waals surface area (Å²) < 4.78 is 2.15. The van der Waals surface area contributed by atoms with Crippen molar-refractivity contribution < 1.29 is 4.79 Å². The fourth-order valence-electron chi connectivity index (χ4n) is 3.31. The molecule has 3 aromatic carbocycles. The smallest absolute Gasteiger partial charge is 0.251 e. The van der Waals surface area contributed by atoms with Crippen LogP contribution in [-0.4, -0.2) is 22.0 Å². The van der Waals surface area contributed by atoms with E-state index in [1.165, 1.54) is 0 Å². The SMILES string of the molecule is O=C(NCCc1nc2ccccc2n1Cc1ccccc1Cl)c1cccc(Cl)c1. The number of amides is 1. The number of nitrogens with one attached hydrogen (secondary N) is 1. The number of imidazole rings is 1. The van der Waals surface area contributed by atoms with Gasteiger partial charge in [-0.2, -0.15) is 0 Å². The second-order valence-corrected chi connectivity index (χ2v) is 7.55. The number of para-hydroxylation sites is 2. The summed E-state index contributed by atoms with van der Waals surface area (Å²) in [6.45, 7) is 1.09. The zero-order chi connectivity index (χ0) is 20.2. The summed E-state index contributed by atoms with van der Waals surface area (Å²) in [7, 11) is 0. The number of hydrogen-bond acceptors (Lipinski definition) is 2. The molecule has 1 heterocycles. The number of aromatic nitrogens is 2. The van der Waals surface area contributed by atoms with Crippen molar-refractivity contribution >= 4 is 40.1 Å². The number of carbonyl (C=O) groups is 1. The molecule has 0 spiro atoms. The summed E-state index contributed by atoms with van der Waals surface area (Å²) in [5, 5.41) is 4.21. The molecule has 0 aliphatic carbocycles. The first kappa shape index (κ1) is 19.5. The van der Waals surface area contributed by atoms with E-state index >= 15 is 0 Å². The van der Waals surface area contributed by atoms with Crippen LogP contribution in [0.5, 0.6) is 0 Å². The maximum absolute atomic E-state index is 12.4. The average molecular weight is 424 g/mol. The fraction of sp³-hybridized carbons (Fsp3) is 0.130. The van der Waals surface area contributed by atoms with E-state index in [-0.39, 0.29) is 5.91 Å². The van der Waals surface area contributed by atoms with Crippen LogP contribution in [0.25, 0.3) is 11.0 Å². The van der Waals surface area contributed by atoms with Crippen molar-refractivity contribution in [2.75, 3.05) is 6.54 Å². The lowest BCUT2D eigenvalue weighted by Gasteiger charge is -2.11. The van der Waals surface area contributed by atoms with Gasteiger partial charge in [-0.25, -0.2) is 4.98 Å². The van der Waals surface area contributed by atoms with E-state index in [1.807, 2.05) is 48.5 Å². The Labute approximate surface area is 179 Å².